The molecule has 0 atom stereocenters. The Hall–Kier alpha value is -1.55. The van der Waals surface area contributed by atoms with Crippen LogP contribution in [0.1, 0.15) is 24.8 Å². The molecule has 0 spiro atoms. The maximum atomic E-state index is 12.4. The summed E-state index contributed by atoms with van der Waals surface area (Å²) in [4.78, 5) is 14.2. The molecule has 0 aromatic heterocycles. The molecule has 2 N–H and O–H groups in total. The first-order chi connectivity index (χ1) is 9.16. The number of carbonyl (C=O) groups is 1. The average molecular weight is 260 g/mol. The largest absolute Gasteiger partial charge is 0.493 e. The van der Waals surface area contributed by atoms with Gasteiger partial charge < -0.3 is 15.4 Å². The van der Waals surface area contributed by atoms with E-state index in [1.54, 1.807) is 4.90 Å². The van der Waals surface area contributed by atoms with Gasteiger partial charge in [0.1, 0.15) is 5.75 Å². The first-order valence-corrected chi connectivity index (χ1v) is 6.90. The van der Waals surface area contributed by atoms with Crippen molar-refractivity contribution in [2.24, 2.45) is 11.1 Å². The first-order valence-electron chi connectivity index (χ1n) is 6.90. The Morgan fingerprint density at radius 3 is 2.95 bits per heavy atom. The number of amides is 1. The van der Waals surface area contributed by atoms with Gasteiger partial charge in [-0.25, -0.2) is 0 Å². The van der Waals surface area contributed by atoms with Crippen molar-refractivity contribution < 1.29 is 9.53 Å². The normalized spacial score (nSPS) is 19.3. The van der Waals surface area contributed by atoms with Crippen molar-refractivity contribution in [2.75, 3.05) is 25.1 Å². The molecule has 4 nitrogen and oxygen atoms in total. The summed E-state index contributed by atoms with van der Waals surface area (Å²) < 4.78 is 5.60. The van der Waals surface area contributed by atoms with Crippen molar-refractivity contribution in [3.05, 3.63) is 23.8 Å². The summed E-state index contributed by atoms with van der Waals surface area (Å²) >= 11 is 0. The molecule has 1 fully saturated rings. The van der Waals surface area contributed by atoms with Gasteiger partial charge in [-0.3, -0.25) is 4.79 Å². The van der Waals surface area contributed by atoms with E-state index < -0.39 is 0 Å². The summed E-state index contributed by atoms with van der Waals surface area (Å²) in [5.41, 5.74) is 7.57. The number of hydrogen-bond donors (Lipinski definition) is 1. The average Bonchev–Trinajstić information content (AvgIpc) is 3.26. The fraction of sp³-hybridized carbons (Fsp3) is 0.533. The van der Waals surface area contributed by atoms with Crippen LogP contribution in [0.4, 0.5) is 5.69 Å². The molecule has 1 aliphatic heterocycles. The molecule has 1 saturated carbocycles. The minimum absolute atomic E-state index is 0.145. The predicted molar refractivity (Wildman–Crippen MR) is 74.4 cm³/mol. The van der Waals surface area contributed by atoms with Gasteiger partial charge in [0.2, 0.25) is 5.91 Å². The van der Waals surface area contributed by atoms with Gasteiger partial charge in [0.15, 0.2) is 0 Å². The van der Waals surface area contributed by atoms with Crippen molar-refractivity contribution in [3.63, 3.8) is 0 Å². The number of carbonyl (C=O) groups excluding carboxylic acids is 1. The van der Waals surface area contributed by atoms with Crippen LogP contribution in [0.5, 0.6) is 5.75 Å². The lowest BCUT2D eigenvalue weighted by Crippen LogP contribution is -2.38. The van der Waals surface area contributed by atoms with E-state index in [1.807, 2.05) is 19.2 Å². The number of aryl methyl sites for hydroxylation is 1. The Labute approximate surface area is 113 Å². The van der Waals surface area contributed by atoms with Crippen molar-refractivity contribution in [3.8, 4) is 5.75 Å². The van der Waals surface area contributed by atoms with Gasteiger partial charge in [-0.1, -0.05) is 0 Å². The van der Waals surface area contributed by atoms with Gasteiger partial charge in [0.05, 0.1) is 12.0 Å². The van der Waals surface area contributed by atoms with Crippen LogP contribution in [0.2, 0.25) is 0 Å². The molecule has 1 aliphatic carbocycles. The smallest absolute Gasteiger partial charge is 0.234 e. The molecule has 0 radical (unpaired) electrons. The zero-order valence-corrected chi connectivity index (χ0v) is 11.3. The molecule has 0 bridgehead atoms. The molecule has 0 saturated heterocycles. The van der Waals surface area contributed by atoms with Gasteiger partial charge in [0.25, 0.3) is 0 Å². The third kappa shape index (κ3) is 2.10. The first kappa shape index (κ1) is 12.5. The molecule has 3 rings (SSSR count). The Balaban J connectivity index is 1.84. The lowest BCUT2D eigenvalue weighted by Gasteiger charge is -2.25. The molecule has 2 aliphatic rings. The van der Waals surface area contributed by atoms with Crippen LogP contribution < -0.4 is 15.4 Å². The number of fused-ring (bicyclic) bond motifs is 1. The van der Waals surface area contributed by atoms with Gasteiger partial charge in [-0.15, -0.1) is 0 Å². The lowest BCUT2D eigenvalue weighted by molar-refractivity contribution is -0.123. The van der Waals surface area contributed by atoms with Crippen LogP contribution in [-0.2, 0) is 11.2 Å². The van der Waals surface area contributed by atoms with E-state index in [-0.39, 0.29) is 11.3 Å². The molecule has 1 aromatic rings. The highest BCUT2D eigenvalue weighted by molar-refractivity contribution is 5.99. The third-order valence-electron chi connectivity index (χ3n) is 4.28. The third-order valence-corrected chi connectivity index (χ3v) is 4.28. The molecule has 102 valence electrons. The molecular formula is C15H20N2O2. The molecular weight excluding hydrogens is 240 g/mol. The monoisotopic (exact) mass is 260 g/mol. The second-order valence-electron chi connectivity index (χ2n) is 5.59. The fourth-order valence-corrected chi connectivity index (χ4v) is 2.68. The number of nitrogens with zero attached hydrogens (tertiary/aromatic N) is 1. The highest BCUT2D eigenvalue weighted by Gasteiger charge is 2.50. The molecule has 1 heterocycles. The van der Waals surface area contributed by atoms with Crippen molar-refractivity contribution >= 4 is 11.6 Å². The Morgan fingerprint density at radius 2 is 2.26 bits per heavy atom. The van der Waals surface area contributed by atoms with Crippen LogP contribution in [0.3, 0.4) is 0 Å². The summed E-state index contributed by atoms with van der Waals surface area (Å²) in [7, 11) is 1.84. The van der Waals surface area contributed by atoms with E-state index in [0.29, 0.717) is 6.54 Å². The van der Waals surface area contributed by atoms with Crippen LogP contribution in [0.25, 0.3) is 0 Å². The van der Waals surface area contributed by atoms with Crippen LogP contribution in [0.15, 0.2) is 18.2 Å². The zero-order chi connectivity index (χ0) is 13.5. The number of anilines is 1. The summed E-state index contributed by atoms with van der Waals surface area (Å²) in [6.45, 7) is 1.24. The highest BCUT2D eigenvalue weighted by Crippen LogP contribution is 2.46. The maximum absolute atomic E-state index is 12.4. The molecule has 19 heavy (non-hydrogen) atoms. The lowest BCUT2D eigenvalue weighted by atomic mass is 10.0. The van der Waals surface area contributed by atoms with Crippen molar-refractivity contribution in [1.29, 1.82) is 0 Å². The van der Waals surface area contributed by atoms with Gasteiger partial charge in [0, 0.05) is 19.3 Å². The number of ether oxygens (including phenoxy) is 1. The van der Waals surface area contributed by atoms with Crippen LogP contribution >= 0.6 is 0 Å². The maximum Gasteiger partial charge on any atom is 0.234 e. The van der Waals surface area contributed by atoms with E-state index >= 15 is 0 Å². The topological polar surface area (TPSA) is 55.6 Å². The minimum Gasteiger partial charge on any atom is -0.493 e. The zero-order valence-electron chi connectivity index (χ0n) is 11.3. The standard InChI is InChI=1S/C15H20N2O2/c1-17(14(18)15(10-16)6-7-15)12-4-5-13-11(9-12)3-2-8-19-13/h4-5,9H,2-3,6-8,10,16H2,1H3. The fourth-order valence-electron chi connectivity index (χ4n) is 2.68. The quantitative estimate of drug-likeness (QED) is 0.900. The minimum atomic E-state index is -0.291. The Morgan fingerprint density at radius 1 is 1.47 bits per heavy atom. The molecule has 1 amide bonds. The SMILES string of the molecule is CN(C(=O)C1(CN)CC1)c1ccc2c(c1)CCCO2. The van der Waals surface area contributed by atoms with E-state index in [9.17, 15) is 4.79 Å². The van der Waals surface area contributed by atoms with E-state index in [2.05, 4.69) is 6.07 Å². The van der Waals surface area contributed by atoms with Crippen LogP contribution in [0, 0.1) is 5.41 Å². The van der Waals surface area contributed by atoms with Crippen molar-refractivity contribution in [2.45, 2.75) is 25.7 Å². The molecule has 0 unspecified atom stereocenters. The Kier molecular flexibility index (Phi) is 2.97. The molecule has 1 aromatic carbocycles. The van der Waals surface area contributed by atoms with Gasteiger partial charge in [-0.05, 0) is 49.4 Å². The van der Waals surface area contributed by atoms with E-state index in [1.165, 1.54) is 5.56 Å². The number of rotatable bonds is 3. The van der Waals surface area contributed by atoms with Crippen LogP contribution in [-0.4, -0.2) is 26.1 Å². The summed E-state index contributed by atoms with van der Waals surface area (Å²) in [6.07, 6.45) is 3.90. The number of nitrogens with two attached hydrogens (primary N) is 1. The van der Waals surface area contributed by atoms with Gasteiger partial charge >= 0.3 is 0 Å². The van der Waals surface area contributed by atoms with Crippen molar-refractivity contribution in [1.82, 2.24) is 0 Å². The summed E-state index contributed by atoms with van der Waals surface area (Å²) in [5, 5.41) is 0. The summed E-state index contributed by atoms with van der Waals surface area (Å²) in [5.74, 6) is 1.10. The summed E-state index contributed by atoms with van der Waals surface area (Å²) in [6, 6.07) is 5.99. The number of benzene rings is 1. The molecule has 4 heteroatoms. The number of hydrogen-bond acceptors (Lipinski definition) is 3. The predicted octanol–water partition coefficient (Wildman–Crippen LogP) is 1.71. The van der Waals surface area contributed by atoms with E-state index in [4.69, 9.17) is 10.5 Å². The van der Waals surface area contributed by atoms with E-state index in [0.717, 1.165) is 43.7 Å². The van der Waals surface area contributed by atoms with Gasteiger partial charge in [-0.2, -0.15) is 0 Å². The second kappa shape index (κ2) is 4.53. The Bertz CT molecular complexity index is 509. The second-order valence-corrected chi connectivity index (χ2v) is 5.59. The highest BCUT2D eigenvalue weighted by atomic mass is 16.5.